The number of anilines is 1. The van der Waals surface area contributed by atoms with Gasteiger partial charge in [0.15, 0.2) is 0 Å². The molecule has 3 aromatic rings. The summed E-state index contributed by atoms with van der Waals surface area (Å²) in [6.45, 7) is 5.03. The number of sulfonamides is 1. The van der Waals surface area contributed by atoms with E-state index in [-0.39, 0.29) is 16.8 Å². The zero-order chi connectivity index (χ0) is 20.4. The summed E-state index contributed by atoms with van der Waals surface area (Å²) in [5.41, 5.74) is 0. The van der Waals surface area contributed by atoms with Gasteiger partial charge in [-0.1, -0.05) is 25.1 Å². The van der Waals surface area contributed by atoms with Crippen molar-refractivity contribution in [3.05, 3.63) is 48.5 Å². The van der Waals surface area contributed by atoms with E-state index in [1.807, 2.05) is 19.1 Å². The van der Waals surface area contributed by atoms with Gasteiger partial charge >= 0.3 is 0 Å². The second kappa shape index (κ2) is 8.27. The van der Waals surface area contributed by atoms with E-state index >= 15 is 0 Å². The molecule has 154 valence electrons. The molecule has 0 saturated carbocycles. The van der Waals surface area contributed by atoms with Crippen LogP contribution in [0.2, 0.25) is 0 Å². The number of phenols is 1. The number of nitrogens with zero attached hydrogens (tertiary/aromatic N) is 3. The van der Waals surface area contributed by atoms with E-state index in [4.69, 9.17) is 0 Å². The first-order chi connectivity index (χ1) is 14.0. The summed E-state index contributed by atoms with van der Waals surface area (Å²) < 4.78 is 34.0. The minimum atomic E-state index is -3.70. The van der Waals surface area contributed by atoms with E-state index in [9.17, 15) is 13.5 Å². The molecule has 0 spiro atoms. The molecule has 0 amide bonds. The molecule has 4 rings (SSSR count). The molecule has 2 aromatic carbocycles. The number of phenolic OH excluding ortho intramolecular Hbond substituents is 1. The number of rotatable bonds is 6. The fourth-order valence-corrected chi connectivity index (χ4v) is 5.80. The van der Waals surface area contributed by atoms with Gasteiger partial charge in [0.05, 0.1) is 15.8 Å². The van der Waals surface area contributed by atoms with Crippen molar-refractivity contribution in [2.75, 3.05) is 31.1 Å². The van der Waals surface area contributed by atoms with Crippen molar-refractivity contribution in [1.82, 2.24) is 14.0 Å². The van der Waals surface area contributed by atoms with E-state index < -0.39 is 10.0 Å². The van der Waals surface area contributed by atoms with Crippen LogP contribution in [-0.2, 0) is 10.0 Å². The van der Waals surface area contributed by atoms with Gasteiger partial charge in [-0.15, -0.1) is 0 Å². The van der Waals surface area contributed by atoms with Crippen LogP contribution < -0.4 is 9.62 Å². The number of hydrogen-bond acceptors (Lipinski definition) is 7. The number of nitrogens with one attached hydrogen (secondary N) is 1. The Balaban J connectivity index is 1.44. The predicted octanol–water partition coefficient (Wildman–Crippen LogP) is 2.84. The topological polar surface area (TPSA) is 85.8 Å². The largest absolute Gasteiger partial charge is 0.508 e. The maximum Gasteiger partial charge on any atom is 0.242 e. The highest BCUT2D eigenvalue weighted by atomic mass is 32.2. The van der Waals surface area contributed by atoms with Crippen LogP contribution in [-0.4, -0.2) is 55.1 Å². The van der Waals surface area contributed by atoms with Crippen LogP contribution in [0.1, 0.15) is 13.3 Å². The van der Waals surface area contributed by atoms with E-state index in [1.54, 1.807) is 0 Å². The van der Waals surface area contributed by atoms with Crippen molar-refractivity contribution in [3.63, 3.8) is 0 Å². The zero-order valence-corrected chi connectivity index (χ0v) is 17.8. The molecule has 9 heteroatoms. The quantitative estimate of drug-likeness (QED) is 0.623. The molecule has 29 heavy (non-hydrogen) atoms. The maximum absolute atomic E-state index is 12.7. The molecule has 1 aromatic heterocycles. The summed E-state index contributed by atoms with van der Waals surface area (Å²) in [6.07, 6.45) is 0.356. The van der Waals surface area contributed by atoms with Crippen molar-refractivity contribution in [2.24, 2.45) is 0 Å². The lowest BCUT2D eigenvalue weighted by atomic mass is 10.2. The van der Waals surface area contributed by atoms with E-state index in [2.05, 4.69) is 31.0 Å². The highest BCUT2D eigenvalue weighted by molar-refractivity contribution is 7.89. The van der Waals surface area contributed by atoms with Crippen LogP contribution in [0.5, 0.6) is 5.75 Å². The average Bonchev–Trinajstić information content (AvgIpc) is 3.16. The SMILES string of the molecule is CCC(NS(=O)(=O)c1cccc(O)c1)N1CCN(c2nsc3ccccc23)CC1. The Morgan fingerprint density at radius 2 is 1.90 bits per heavy atom. The van der Waals surface area contributed by atoms with Crippen molar-refractivity contribution >= 4 is 37.5 Å². The first-order valence-corrected chi connectivity index (χ1v) is 11.9. The molecule has 1 fully saturated rings. The van der Waals surface area contributed by atoms with Crippen LogP contribution >= 0.6 is 11.5 Å². The first-order valence-electron chi connectivity index (χ1n) is 9.62. The van der Waals surface area contributed by atoms with Gasteiger partial charge in [0.2, 0.25) is 10.0 Å². The minimum Gasteiger partial charge on any atom is -0.508 e. The number of benzene rings is 2. The Bertz CT molecular complexity index is 1090. The third kappa shape index (κ3) is 4.23. The van der Waals surface area contributed by atoms with Crippen LogP contribution in [0, 0.1) is 0 Å². The number of aromatic nitrogens is 1. The monoisotopic (exact) mass is 432 g/mol. The smallest absolute Gasteiger partial charge is 0.242 e. The van der Waals surface area contributed by atoms with E-state index in [1.165, 1.54) is 45.9 Å². The molecule has 7 nitrogen and oxygen atoms in total. The second-order valence-corrected chi connectivity index (χ2v) is 9.59. The normalized spacial score (nSPS) is 16.9. The van der Waals surface area contributed by atoms with Crippen molar-refractivity contribution in [2.45, 2.75) is 24.4 Å². The third-order valence-electron chi connectivity index (χ3n) is 5.22. The molecule has 2 heterocycles. The molecule has 0 bridgehead atoms. The Morgan fingerprint density at radius 1 is 1.14 bits per heavy atom. The molecule has 1 unspecified atom stereocenters. The molecule has 0 aliphatic carbocycles. The molecule has 1 saturated heterocycles. The van der Waals surface area contributed by atoms with Gasteiger partial charge in [-0.05, 0) is 48.3 Å². The van der Waals surface area contributed by atoms with Crippen molar-refractivity contribution < 1.29 is 13.5 Å². The lowest BCUT2D eigenvalue weighted by molar-refractivity contribution is 0.170. The highest BCUT2D eigenvalue weighted by Gasteiger charge is 2.28. The molecular weight excluding hydrogens is 408 g/mol. The molecule has 1 aliphatic rings. The fourth-order valence-electron chi connectivity index (χ4n) is 3.66. The standard InChI is InChI=1S/C20H24N4O3S2/c1-2-19(22-29(26,27)16-7-5-6-15(25)14-16)23-10-12-24(13-11-23)20-17-8-3-4-9-18(17)28-21-20/h3-9,14,19,22,25H,2,10-13H2,1H3. The third-order valence-corrected chi connectivity index (χ3v) is 7.49. The maximum atomic E-state index is 12.7. The lowest BCUT2D eigenvalue weighted by Gasteiger charge is -2.39. The van der Waals surface area contributed by atoms with Gasteiger partial charge in [0.25, 0.3) is 0 Å². The van der Waals surface area contributed by atoms with Gasteiger partial charge in [-0.3, -0.25) is 4.90 Å². The lowest BCUT2D eigenvalue weighted by Crippen LogP contribution is -2.55. The van der Waals surface area contributed by atoms with Crippen molar-refractivity contribution in [3.8, 4) is 5.75 Å². The molecule has 1 atom stereocenters. The number of fused-ring (bicyclic) bond motifs is 1. The van der Waals surface area contributed by atoms with Crippen LogP contribution in [0.4, 0.5) is 5.82 Å². The molecule has 2 N–H and O–H groups in total. The van der Waals surface area contributed by atoms with Gasteiger partial charge in [0, 0.05) is 31.6 Å². The summed E-state index contributed by atoms with van der Waals surface area (Å²) in [4.78, 5) is 4.50. The summed E-state index contributed by atoms with van der Waals surface area (Å²) in [5, 5.41) is 10.8. The predicted molar refractivity (Wildman–Crippen MR) is 116 cm³/mol. The van der Waals surface area contributed by atoms with Gasteiger partial charge in [-0.2, -0.15) is 9.10 Å². The average molecular weight is 433 g/mol. The molecule has 1 aliphatic heterocycles. The summed E-state index contributed by atoms with van der Waals surface area (Å²) in [6, 6.07) is 14.0. The van der Waals surface area contributed by atoms with Crippen LogP contribution in [0.25, 0.3) is 10.1 Å². The zero-order valence-electron chi connectivity index (χ0n) is 16.2. The Kier molecular flexibility index (Phi) is 5.73. The van der Waals surface area contributed by atoms with E-state index in [0.717, 1.165) is 32.0 Å². The summed E-state index contributed by atoms with van der Waals surface area (Å²) in [7, 11) is -3.70. The summed E-state index contributed by atoms with van der Waals surface area (Å²) in [5.74, 6) is 0.948. The minimum absolute atomic E-state index is 0.0648. The first kappa shape index (κ1) is 20.1. The van der Waals surface area contributed by atoms with Gasteiger partial charge in [0.1, 0.15) is 11.6 Å². The highest BCUT2D eigenvalue weighted by Crippen LogP contribution is 2.30. The Hall–Kier alpha value is -2.20. The molecular formula is C20H24N4O3S2. The number of piperazine rings is 1. The second-order valence-electron chi connectivity index (χ2n) is 7.07. The van der Waals surface area contributed by atoms with E-state index in [0.29, 0.717) is 6.42 Å². The van der Waals surface area contributed by atoms with Crippen LogP contribution in [0.3, 0.4) is 0 Å². The van der Waals surface area contributed by atoms with Crippen molar-refractivity contribution in [1.29, 1.82) is 0 Å². The van der Waals surface area contributed by atoms with Gasteiger partial charge in [-0.25, -0.2) is 8.42 Å². The van der Waals surface area contributed by atoms with Gasteiger partial charge < -0.3 is 10.0 Å². The Labute approximate surface area is 174 Å². The summed E-state index contributed by atoms with van der Waals surface area (Å²) >= 11 is 1.51. The Morgan fingerprint density at radius 3 is 2.62 bits per heavy atom. The number of aromatic hydroxyl groups is 1. The number of hydrogen-bond donors (Lipinski definition) is 2. The molecule has 0 radical (unpaired) electrons. The van der Waals surface area contributed by atoms with Crippen LogP contribution in [0.15, 0.2) is 53.4 Å². The fraction of sp³-hybridized carbons (Fsp3) is 0.350.